The van der Waals surface area contributed by atoms with Crippen molar-refractivity contribution in [3.8, 4) is 0 Å². The van der Waals surface area contributed by atoms with E-state index in [9.17, 15) is 24.5 Å². The zero-order valence-corrected chi connectivity index (χ0v) is 20.8. The number of fused-ring (bicyclic) bond motifs is 1. The van der Waals surface area contributed by atoms with Gasteiger partial charge in [-0.15, -0.1) is 11.8 Å². The molecule has 2 saturated heterocycles. The SMILES string of the molecule is CC(OC(=O)OCc1ccc([N+](=O)[O-])cc1)[C@@H]1C(=O)N2[C@@H]1SC(C)(C)[C@@H]2C(=O)OCc1ccccc1. The molecule has 0 N–H and O–H groups in total. The largest absolute Gasteiger partial charge is 0.508 e. The van der Waals surface area contributed by atoms with Crippen LogP contribution in [0.3, 0.4) is 0 Å². The van der Waals surface area contributed by atoms with Crippen molar-refractivity contribution >= 4 is 35.5 Å². The Labute approximate surface area is 212 Å². The lowest BCUT2D eigenvalue weighted by molar-refractivity contribution is -0.384. The minimum atomic E-state index is -0.951. The highest BCUT2D eigenvalue weighted by Gasteiger charge is 2.65. The minimum absolute atomic E-state index is 0.0674. The van der Waals surface area contributed by atoms with Gasteiger partial charge in [0.2, 0.25) is 5.91 Å². The third-order valence-electron chi connectivity index (χ3n) is 6.22. The van der Waals surface area contributed by atoms with Gasteiger partial charge in [0.1, 0.15) is 31.3 Å². The smallest absolute Gasteiger partial charge is 0.459 e. The molecule has 2 aliphatic heterocycles. The molecule has 0 bridgehead atoms. The number of benzene rings is 2. The van der Waals surface area contributed by atoms with Crippen molar-refractivity contribution in [1.82, 2.24) is 4.90 Å². The number of carbonyl (C=O) groups excluding carboxylic acids is 3. The number of hydrogen-bond donors (Lipinski definition) is 0. The molecule has 0 saturated carbocycles. The van der Waals surface area contributed by atoms with E-state index in [0.29, 0.717) is 5.56 Å². The third kappa shape index (κ3) is 5.15. The fourth-order valence-corrected chi connectivity index (χ4v) is 6.16. The number of amides is 1. The summed E-state index contributed by atoms with van der Waals surface area (Å²) in [6.45, 7) is 5.38. The Kier molecular flexibility index (Phi) is 7.21. The van der Waals surface area contributed by atoms with E-state index in [0.717, 1.165) is 5.56 Å². The van der Waals surface area contributed by atoms with Gasteiger partial charge in [0.15, 0.2) is 0 Å². The lowest BCUT2D eigenvalue weighted by Gasteiger charge is -2.45. The van der Waals surface area contributed by atoms with Gasteiger partial charge >= 0.3 is 12.1 Å². The first-order valence-corrected chi connectivity index (χ1v) is 12.2. The first-order valence-electron chi connectivity index (χ1n) is 11.4. The summed E-state index contributed by atoms with van der Waals surface area (Å²) in [4.78, 5) is 49.9. The maximum Gasteiger partial charge on any atom is 0.508 e. The molecule has 10 nitrogen and oxygen atoms in total. The molecule has 0 aliphatic carbocycles. The van der Waals surface area contributed by atoms with Crippen molar-refractivity contribution < 1.29 is 33.5 Å². The monoisotopic (exact) mass is 514 g/mol. The molecule has 36 heavy (non-hydrogen) atoms. The Balaban J connectivity index is 1.31. The molecule has 2 heterocycles. The average molecular weight is 515 g/mol. The first kappa shape index (κ1) is 25.5. The molecule has 2 aliphatic rings. The van der Waals surface area contributed by atoms with Crippen molar-refractivity contribution in [1.29, 1.82) is 0 Å². The average Bonchev–Trinajstić information content (AvgIpc) is 3.09. The summed E-state index contributed by atoms with van der Waals surface area (Å²) < 4.78 is 15.4. The molecule has 1 amide bonds. The normalized spacial score (nSPS) is 22.7. The number of nitrogens with zero attached hydrogens (tertiary/aromatic N) is 2. The topological polar surface area (TPSA) is 125 Å². The van der Waals surface area contributed by atoms with E-state index in [1.807, 2.05) is 44.2 Å². The molecular weight excluding hydrogens is 488 g/mol. The number of rotatable bonds is 8. The molecule has 2 aromatic rings. The molecule has 1 unspecified atom stereocenters. The maximum absolute atomic E-state index is 13.0. The molecule has 2 fully saturated rings. The second kappa shape index (κ2) is 10.2. The number of nitro benzene ring substituents is 1. The quantitative estimate of drug-likeness (QED) is 0.222. The summed E-state index contributed by atoms with van der Waals surface area (Å²) >= 11 is 1.47. The Hall–Kier alpha value is -3.60. The van der Waals surface area contributed by atoms with E-state index in [1.54, 1.807) is 6.92 Å². The van der Waals surface area contributed by atoms with Gasteiger partial charge in [0.05, 0.1) is 10.3 Å². The van der Waals surface area contributed by atoms with E-state index in [4.69, 9.17) is 14.2 Å². The zero-order chi connectivity index (χ0) is 26.0. The summed E-state index contributed by atoms with van der Waals surface area (Å²) in [5, 5.41) is 10.4. The highest BCUT2D eigenvalue weighted by Crippen LogP contribution is 2.54. The van der Waals surface area contributed by atoms with Crippen LogP contribution < -0.4 is 0 Å². The number of carbonyl (C=O) groups is 3. The molecule has 4 atom stereocenters. The Morgan fingerprint density at radius 1 is 1.06 bits per heavy atom. The van der Waals surface area contributed by atoms with Gasteiger partial charge in [-0.05, 0) is 44.0 Å². The van der Waals surface area contributed by atoms with Crippen molar-refractivity contribution in [2.45, 2.75) is 56.3 Å². The molecular formula is C25H26N2O8S. The lowest BCUT2D eigenvalue weighted by Crippen LogP contribution is -2.65. The molecule has 190 valence electrons. The summed E-state index contributed by atoms with van der Waals surface area (Å²) in [6, 6.07) is 14.1. The first-order chi connectivity index (χ1) is 17.1. The highest BCUT2D eigenvalue weighted by molar-refractivity contribution is 8.01. The van der Waals surface area contributed by atoms with Crippen LogP contribution in [-0.4, -0.2) is 50.1 Å². The van der Waals surface area contributed by atoms with Crippen LogP contribution >= 0.6 is 11.8 Å². The van der Waals surface area contributed by atoms with Crippen molar-refractivity contribution in [3.05, 3.63) is 75.8 Å². The van der Waals surface area contributed by atoms with Gasteiger partial charge in [0.25, 0.3) is 5.69 Å². The van der Waals surface area contributed by atoms with Gasteiger partial charge in [-0.2, -0.15) is 0 Å². The number of β-lactam (4-membered cyclic amide) rings is 1. The summed E-state index contributed by atoms with van der Waals surface area (Å²) in [7, 11) is 0. The second-order valence-electron chi connectivity index (χ2n) is 9.16. The van der Waals surface area contributed by atoms with E-state index >= 15 is 0 Å². The molecule has 4 rings (SSSR count). The number of thioether (sulfide) groups is 1. The number of esters is 1. The summed E-state index contributed by atoms with van der Waals surface area (Å²) in [5.74, 6) is -1.37. The maximum atomic E-state index is 13.0. The van der Waals surface area contributed by atoms with Gasteiger partial charge in [0, 0.05) is 16.9 Å². The van der Waals surface area contributed by atoms with Crippen LogP contribution in [0.5, 0.6) is 0 Å². The van der Waals surface area contributed by atoms with Gasteiger partial charge in [-0.1, -0.05) is 30.3 Å². The van der Waals surface area contributed by atoms with Gasteiger partial charge in [-0.3, -0.25) is 14.9 Å². The minimum Gasteiger partial charge on any atom is -0.459 e. The Morgan fingerprint density at radius 3 is 2.31 bits per heavy atom. The summed E-state index contributed by atoms with van der Waals surface area (Å²) in [5.41, 5.74) is 1.34. The van der Waals surface area contributed by atoms with Crippen molar-refractivity contribution in [3.63, 3.8) is 0 Å². The fraction of sp³-hybridized carbons (Fsp3) is 0.400. The Morgan fingerprint density at radius 2 is 1.67 bits per heavy atom. The van der Waals surface area contributed by atoms with E-state index < -0.39 is 39.9 Å². The van der Waals surface area contributed by atoms with Crippen LogP contribution in [0.1, 0.15) is 31.9 Å². The van der Waals surface area contributed by atoms with Crippen LogP contribution in [0.15, 0.2) is 54.6 Å². The molecule has 0 radical (unpaired) electrons. The predicted octanol–water partition coefficient (Wildman–Crippen LogP) is 4.06. The number of ether oxygens (including phenoxy) is 3. The van der Waals surface area contributed by atoms with Gasteiger partial charge < -0.3 is 19.1 Å². The van der Waals surface area contributed by atoms with E-state index in [1.165, 1.54) is 40.9 Å². The van der Waals surface area contributed by atoms with E-state index in [2.05, 4.69) is 0 Å². The fourth-order valence-electron chi connectivity index (χ4n) is 4.38. The van der Waals surface area contributed by atoms with Crippen molar-refractivity contribution in [2.24, 2.45) is 5.92 Å². The van der Waals surface area contributed by atoms with Crippen LogP contribution in [-0.2, 0) is 37.0 Å². The molecule has 11 heteroatoms. The standard InChI is InChI=1S/C25H26N2O8S/c1-15(35-24(30)34-14-17-9-11-18(12-10-17)27(31)32)19-21(28)26-20(25(2,3)36-22(19)26)23(29)33-13-16-7-5-4-6-8-16/h4-12,15,19-20,22H,13-14H2,1-3H3/t15?,19-,20+,22-/m1/s1. The molecule has 0 spiro atoms. The molecule has 0 aromatic heterocycles. The number of hydrogen-bond acceptors (Lipinski definition) is 9. The van der Waals surface area contributed by atoms with Crippen LogP contribution in [0.4, 0.5) is 10.5 Å². The van der Waals surface area contributed by atoms with Gasteiger partial charge in [-0.25, -0.2) is 9.59 Å². The predicted molar refractivity (Wildman–Crippen MR) is 130 cm³/mol. The van der Waals surface area contributed by atoms with Crippen LogP contribution in [0.25, 0.3) is 0 Å². The highest BCUT2D eigenvalue weighted by atomic mass is 32.2. The Bertz CT molecular complexity index is 1150. The summed E-state index contributed by atoms with van der Waals surface area (Å²) in [6.07, 6.45) is -1.72. The third-order valence-corrected chi connectivity index (χ3v) is 7.81. The van der Waals surface area contributed by atoms with Crippen LogP contribution in [0.2, 0.25) is 0 Å². The zero-order valence-electron chi connectivity index (χ0n) is 20.0. The second-order valence-corrected chi connectivity index (χ2v) is 10.9. The number of non-ortho nitro benzene ring substituents is 1. The van der Waals surface area contributed by atoms with Crippen LogP contribution in [0, 0.1) is 16.0 Å². The number of nitro groups is 1. The van der Waals surface area contributed by atoms with E-state index in [-0.39, 0.29) is 30.2 Å². The molecule has 2 aromatic carbocycles. The van der Waals surface area contributed by atoms with Crippen molar-refractivity contribution in [2.75, 3.05) is 0 Å². The lowest BCUT2D eigenvalue weighted by atomic mass is 9.88.